The summed E-state index contributed by atoms with van der Waals surface area (Å²) in [7, 11) is 1.51. The molecule has 1 aliphatic heterocycles. The number of amides is 1. The number of carbonyl (C=O) groups is 1. The highest BCUT2D eigenvalue weighted by Crippen LogP contribution is 2.32. The van der Waals surface area contributed by atoms with Crippen molar-refractivity contribution in [2.45, 2.75) is 6.54 Å². The topological polar surface area (TPSA) is 99.0 Å². The Balaban J connectivity index is 1.34. The lowest BCUT2D eigenvalue weighted by atomic mass is 10.1. The van der Waals surface area contributed by atoms with Gasteiger partial charge < -0.3 is 29.0 Å². The summed E-state index contributed by atoms with van der Waals surface area (Å²) in [4.78, 5) is 12.6. The summed E-state index contributed by atoms with van der Waals surface area (Å²) in [6.45, 7) is 0.968. The van der Waals surface area contributed by atoms with E-state index in [9.17, 15) is 10.1 Å². The summed E-state index contributed by atoms with van der Waals surface area (Å²) < 4.78 is 27.4. The van der Waals surface area contributed by atoms with Gasteiger partial charge in [0.1, 0.15) is 30.6 Å². The SMILES string of the molecule is COc1cc(/C=C(\C#N)C(=O)NCc2ccc3c(c2)OCO3)ccc1OCCOc1ccccc1Cl. The van der Waals surface area contributed by atoms with Crippen LogP contribution in [0.4, 0.5) is 0 Å². The first kappa shape index (κ1) is 24.8. The summed E-state index contributed by atoms with van der Waals surface area (Å²) in [5.74, 6) is 2.34. The second kappa shape index (κ2) is 11.9. The van der Waals surface area contributed by atoms with E-state index in [-0.39, 0.29) is 32.1 Å². The van der Waals surface area contributed by atoms with Crippen molar-refractivity contribution in [2.75, 3.05) is 27.1 Å². The van der Waals surface area contributed by atoms with Crippen LogP contribution in [0.1, 0.15) is 11.1 Å². The fourth-order valence-corrected chi connectivity index (χ4v) is 3.59. The number of nitriles is 1. The maximum atomic E-state index is 12.6. The van der Waals surface area contributed by atoms with Crippen LogP contribution in [0.2, 0.25) is 5.02 Å². The molecule has 0 fully saturated rings. The van der Waals surface area contributed by atoms with Gasteiger partial charge in [0.05, 0.1) is 12.1 Å². The van der Waals surface area contributed by atoms with Gasteiger partial charge in [0.15, 0.2) is 23.0 Å². The molecule has 0 bridgehead atoms. The fourth-order valence-electron chi connectivity index (χ4n) is 3.40. The zero-order chi connectivity index (χ0) is 25.3. The lowest BCUT2D eigenvalue weighted by Crippen LogP contribution is -2.23. The Morgan fingerprint density at radius 2 is 1.81 bits per heavy atom. The fraction of sp³-hybridized carbons (Fsp3) is 0.185. The minimum Gasteiger partial charge on any atom is -0.493 e. The lowest BCUT2D eigenvalue weighted by molar-refractivity contribution is -0.117. The minimum atomic E-state index is -0.494. The van der Waals surface area contributed by atoms with Gasteiger partial charge in [0, 0.05) is 6.54 Å². The first-order valence-electron chi connectivity index (χ1n) is 11.0. The largest absolute Gasteiger partial charge is 0.493 e. The van der Waals surface area contributed by atoms with E-state index in [1.165, 1.54) is 13.2 Å². The van der Waals surface area contributed by atoms with Crippen LogP contribution >= 0.6 is 11.6 Å². The molecule has 36 heavy (non-hydrogen) atoms. The standard InChI is InChI=1S/C27H23ClN2O6/c1-32-25-13-18(6-8-23(25)34-11-10-33-22-5-3-2-4-21(22)28)12-20(15-29)27(31)30-16-19-7-9-24-26(14-19)36-17-35-24/h2-9,12-14H,10-11,16-17H2,1H3,(H,30,31)/b20-12+. The Kier molecular flexibility index (Phi) is 8.16. The Bertz CT molecular complexity index is 1320. The maximum absolute atomic E-state index is 12.6. The van der Waals surface area contributed by atoms with Crippen LogP contribution in [-0.2, 0) is 11.3 Å². The van der Waals surface area contributed by atoms with Gasteiger partial charge in [-0.05, 0) is 53.6 Å². The highest BCUT2D eigenvalue weighted by molar-refractivity contribution is 6.32. The molecule has 1 N–H and O–H groups in total. The number of fused-ring (bicyclic) bond motifs is 1. The smallest absolute Gasteiger partial charge is 0.262 e. The summed E-state index contributed by atoms with van der Waals surface area (Å²) in [5.41, 5.74) is 1.40. The molecule has 9 heteroatoms. The predicted molar refractivity (Wildman–Crippen MR) is 133 cm³/mol. The highest BCUT2D eigenvalue weighted by Gasteiger charge is 2.15. The van der Waals surface area contributed by atoms with Crippen LogP contribution in [0, 0.1) is 11.3 Å². The molecule has 0 saturated carbocycles. The summed E-state index contributed by atoms with van der Waals surface area (Å²) in [5, 5.41) is 12.8. The molecule has 1 heterocycles. The zero-order valence-corrected chi connectivity index (χ0v) is 20.2. The van der Waals surface area contributed by atoms with Crippen molar-refractivity contribution in [1.29, 1.82) is 5.26 Å². The summed E-state index contributed by atoms with van der Waals surface area (Å²) in [6.07, 6.45) is 1.49. The molecule has 0 unspecified atom stereocenters. The molecule has 184 valence electrons. The molecule has 0 atom stereocenters. The van der Waals surface area contributed by atoms with Gasteiger partial charge in [-0.15, -0.1) is 0 Å². The number of ether oxygens (including phenoxy) is 5. The Morgan fingerprint density at radius 1 is 1.03 bits per heavy atom. The number of nitrogens with zero attached hydrogens (tertiary/aromatic N) is 1. The first-order chi connectivity index (χ1) is 17.6. The van der Waals surface area contributed by atoms with E-state index < -0.39 is 5.91 Å². The van der Waals surface area contributed by atoms with Crippen molar-refractivity contribution >= 4 is 23.6 Å². The molecule has 3 aromatic carbocycles. The van der Waals surface area contributed by atoms with E-state index in [2.05, 4.69) is 5.32 Å². The molecule has 1 aliphatic rings. The molecule has 0 saturated heterocycles. The molecule has 0 radical (unpaired) electrons. The molecule has 0 aliphatic carbocycles. The number of nitrogens with one attached hydrogen (secondary N) is 1. The minimum absolute atomic E-state index is 0.0420. The van der Waals surface area contributed by atoms with E-state index in [0.717, 1.165) is 5.56 Å². The predicted octanol–water partition coefficient (Wildman–Crippen LogP) is 4.76. The monoisotopic (exact) mass is 506 g/mol. The lowest BCUT2D eigenvalue weighted by Gasteiger charge is -2.12. The van der Waals surface area contributed by atoms with Crippen molar-refractivity contribution in [3.63, 3.8) is 0 Å². The van der Waals surface area contributed by atoms with Gasteiger partial charge in [-0.1, -0.05) is 35.9 Å². The number of hydrogen-bond donors (Lipinski definition) is 1. The van der Waals surface area contributed by atoms with Crippen molar-refractivity contribution in [1.82, 2.24) is 5.32 Å². The highest BCUT2D eigenvalue weighted by atomic mass is 35.5. The quantitative estimate of drug-likeness (QED) is 0.240. The third-order valence-electron chi connectivity index (χ3n) is 5.19. The van der Waals surface area contributed by atoms with Crippen LogP contribution in [0.15, 0.2) is 66.2 Å². The summed E-state index contributed by atoms with van der Waals surface area (Å²) >= 11 is 6.08. The van der Waals surface area contributed by atoms with Gasteiger partial charge in [0.2, 0.25) is 6.79 Å². The molecule has 8 nitrogen and oxygen atoms in total. The third kappa shape index (κ3) is 6.20. The van der Waals surface area contributed by atoms with Crippen LogP contribution < -0.4 is 29.0 Å². The Morgan fingerprint density at radius 3 is 2.58 bits per heavy atom. The number of methoxy groups -OCH3 is 1. The molecular weight excluding hydrogens is 484 g/mol. The Labute approximate surface area is 213 Å². The normalized spacial score (nSPS) is 12.0. The van der Waals surface area contributed by atoms with E-state index in [0.29, 0.717) is 39.3 Å². The van der Waals surface area contributed by atoms with E-state index in [4.69, 9.17) is 35.3 Å². The number of halogens is 1. The van der Waals surface area contributed by atoms with Gasteiger partial charge in [-0.2, -0.15) is 5.26 Å². The average molecular weight is 507 g/mol. The van der Waals surface area contributed by atoms with E-state index in [1.54, 1.807) is 42.5 Å². The average Bonchev–Trinajstić information content (AvgIpc) is 3.37. The van der Waals surface area contributed by atoms with Crippen LogP contribution in [0.3, 0.4) is 0 Å². The zero-order valence-electron chi connectivity index (χ0n) is 19.5. The van der Waals surface area contributed by atoms with Crippen molar-refractivity contribution in [3.8, 4) is 34.8 Å². The van der Waals surface area contributed by atoms with Crippen molar-refractivity contribution in [2.24, 2.45) is 0 Å². The van der Waals surface area contributed by atoms with Crippen LogP contribution in [0.5, 0.6) is 28.7 Å². The number of hydrogen-bond acceptors (Lipinski definition) is 7. The van der Waals surface area contributed by atoms with Crippen molar-refractivity contribution in [3.05, 3.63) is 82.4 Å². The number of carbonyl (C=O) groups excluding carboxylic acids is 1. The van der Waals surface area contributed by atoms with Crippen LogP contribution in [0.25, 0.3) is 6.08 Å². The second-order valence-electron chi connectivity index (χ2n) is 7.58. The first-order valence-corrected chi connectivity index (χ1v) is 11.4. The van der Waals surface area contributed by atoms with E-state index >= 15 is 0 Å². The molecule has 0 aromatic heterocycles. The van der Waals surface area contributed by atoms with Gasteiger partial charge in [-0.3, -0.25) is 4.79 Å². The van der Waals surface area contributed by atoms with Gasteiger partial charge in [-0.25, -0.2) is 0 Å². The Hall–Kier alpha value is -4.35. The molecule has 3 aromatic rings. The summed E-state index contributed by atoms with van der Waals surface area (Å²) in [6, 6.07) is 19.7. The number of rotatable bonds is 10. The van der Waals surface area contributed by atoms with Gasteiger partial charge in [0.25, 0.3) is 5.91 Å². The maximum Gasteiger partial charge on any atom is 0.262 e. The third-order valence-corrected chi connectivity index (χ3v) is 5.50. The molecule has 1 amide bonds. The van der Waals surface area contributed by atoms with Gasteiger partial charge >= 0.3 is 0 Å². The van der Waals surface area contributed by atoms with Crippen LogP contribution in [-0.4, -0.2) is 33.0 Å². The molecular formula is C27H23ClN2O6. The van der Waals surface area contributed by atoms with Crippen molar-refractivity contribution < 1.29 is 28.5 Å². The molecule has 4 rings (SSSR count). The number of benzene rings is 3. The second-order valence-corrected chi connectivity index (χ2v) is 7.98. The molecule has 0 spiro atoms. The number of para-hydroxylation sites is 1. The van der Waals surface area contributed by atoms with E-state index in [1.807, 2.05) is 24.3 Å².